The molecule has 1 aliphatic carbocycles. The molecule has 2 nitrogen and oxygen atoms in total. The van der Waals surface area contributed by atoms with Crippen molar-refractivity contribution >= 4 is 29.7 Å². The summed E-state index contributed by atoms with van der Waals surface area (Å²) >= 11 is 2.43. The average molecular weight is 254 g/mol. The number of halogens is 1. The van der Waals surface area contributed by atoms with E-state index in [1.54, 1.807) is 0 Å². The molecule has 0 spiro atoms. The summed E-state index contributed by atoms with van der Waals surface area (Å²) in [6.45, 7) is 0. The molecular formula is C6H12BIO2. The fourth-order valence-electron chi connectivity index (χ4n) is 1.38. The Morgan fingerprint density at radius 1 is 1.10 bits per heavy atom. The molecule has 2 N–H and O–H groups in total. The van der Waals surface area contributed by atoms with Gasteiger partial charge in [-0.25, -0.2) is 0 Å². The summed E-state index contributed by atoms with van der Waals surface area (Å²) in [6, 6.07) is 0. The van der Waals surface area contributed by atoms with Gasteiger partial charge in [0.15, 0.2) is 0 Å². The minimum Gasteiger partial charge on any atom is -0.427 e. The first-order valence-electron chi connectivity index (χ1n) is 3.70. The van der Waals surface area contributed by atoms with E-state index in [0.717, 1.165) is 29.6 Å². The van der Waals surface area contributed by atoms with Crippen molar-refractivity contribution in [2.45, 2.75) is 35.4 Å². The molecule has 0 unspecified atom stereocenters. The van der Waals surface area contributed by atoms with Gasteiger partial charge in [0.25, 0.3) is 0 Å². The van der Waals surface area contributed by atoms with E-state index in [9.17, 15) is 0 Å². The van der Waals surface area contributed by atoms with Gasteiger partial charge in [-0.2, -0.15) is 0 Å². The molecule has 0 saturated heterocycles. The third kappa shape index (κ3) is 2.40. The second kappa shape index (κ2) is 3.92. The Balaban J connectivity index is 2.26. The van der Waals surface area contributed by atoms with Crippen molar-refractivity contribution in [1.29, 1.82) is 0 Å². The molecule has 1 aliphatic rings. The van der Waals surface area contributed by atoms with Crippen LogP contribution in [0.4, 0.5) is 0 Å². The van der Waals surface area contributed by atoms with Crippen molar-refractivity contribution in [2.24, 2.45) is 0 Å². The van der Waals surface area contributed by atoms with Crippen molar-refractivity contribution in [3.05, 3.63) is 0 Å². The molecule has 0 amide bonds. The summed E-state index contributed by atoms with van der Waals surface area (Å²) in [5.74, 6) is 0.144. The maximum Gasteiger partial charge on any atom is 0.454 e. The van der Waals surface area contributed by atoms with Crippen LogP contribution in [0.3, 0.4) is 0 Å². The van der Waals surface area contributed by atoms with Gasteiger partial charge in [0.05, 0.1) is 0 Å². The maximum absolute atomic E-state index is 8.82. The van der Waals surface area contributed by atoms with Gasteiger partial charge >= 0.3 is 7.12 Å². The third-order valence-corrected chi connectivity index (χ3v) is 3.37. The van der Waals surface area contributed by atoms with Crippen LogP contribution >= 0.6 is 22.6 Å². The molecule has 0 heterocycles. The van der Waals surface area contributed by atoms with Crippen LogP contribution in [0.15, 0.2) is 0 Å². The molecule has 1 fully saturated rings. The summed E-state index contributed by atoms with van der Waals surface area (Å²) in [5.41, 5.74) is 0. The zero-order chi connectivity index (χ0) is 7.56. The highest BCUT2D eigenvalue weighted by atomic mass is 127. The second-order valence-electron chi connectivity index (χ2n) is 2.93. The predicted octanol–water partition coefficient (Wildman–Crippen LogP) is 1.21. The van der Waals surface area contributed by atoms with Crippen LogP contribution in [0.25, 0.3) is 0 Å². The second-order valence-corrected chi connectivity index (χ2v) is 4.69. The lowest BCUT2D eigenvalue weighted by atomic mass is 9.65. The van der Waals surface area contributed by atoms with E-state index in [2.05, 4.69) is 22.6 Å². The molecule has 10 heavy (non-hydrogen) atoms. The van der Waals surface area contributed by atoms with Gasteiger partial charge in [0.2, 0.25) is 0 Å². The molecule has 0 aromatic rings. The van der Waals surface area contributed by atoms with Crippen LogP contribution in [0.5, 0.6) is 0 Å². The molecule has 1 rings (SSSR count). The van der Waals surface area contributed by atoms with Crippen molar-refractivity contribution in [1.82, 2.24) is 0 Å². The Labute approximate surface area is 75.3 Å². The first kappa shape index (κ1) is 8.81. The van der Waals surface area contributed by atoms with E-state index in [-0.39, 0.29) is 5.82 Å². The summed E-state index contributed by atoms with van der Waals surface area (Å²) in [6.07, 6.45) is 4.24. The molecule has 0 aliphatic heterocycles. The summed E-state index contributed by atoms with van der Waals surface area (Å²) < 4.78 is 0.757. The lowest BCUT2D eigenvalue weighted by Gasteiger charge is -2.23. The van der Waals surface area contributed by atoms with Gasteiger partial charge < -0.3 is 10.0 Å². The molecular weight excluding hydrogens is 242 g/mol. The molecule has 0 radical (unpaired) electrons. The highest BCUT2D eigenvalue weighted by Gasteiger charge is 2.27. The first-order valence-corrected chi connectivity index (χ1v) is 4.95. The fourth-order valence-corrected chi connectivity index (χ4v) is 2.10. The van der Waals surface area contributed by atoms with Gasteiger partial charge in [-0.1, -0.05) is 35.4 Å². The Morgan fingerprint density at radius 2 is 1.60 bits per heavy atom. The van der Waals surface area contributed by atoms with Crippen LogP contribution in [-0.2, 0) is 0 Å². The SMILES string of the molecule is OB(O)C1CCC(I)CC1. The van der Waals surface area contributed by atoms with Gasteiger partial charge in [0, 0.05) is 3.92 Å². The van der Waals surface area contributed by atoms with Crippen LogP contribution < -0.4 is 0 Å². The van der Waals surface area contributed by atoms with E-state index in [4.69, 9.17) is 10.0 Å². The van der Waals surface area contributed by atoms with E-state index < -0.39 is 7.12 Å². The average Bonchev–Trinajstić information content (AvgIpc) is 1.88. The quantitative estimate of drug-likeness (QED) is 0.419. The smallest absolute Gasteiger partial charge is 0.427 e. The Hall–Kier alpha value is 0.715. The van der Waals surface area contributed by atoms with Crippen molar-refractivity contribution in [3.63, 3.8) is 0 Å². The highest BCUT2D eigenvalue weighted by molar-refractivity contribution is 14.1. The Morgan fingerprint density at radius 3 is 2.00 bits per heavy atom. The normalized spacial score (nSPS) is 33.9. The van der Waals surface area contributed by atoms with Gasteiger partial charge in [-0.05, 0) is 18.7 Å². The maximum atomic E-state index is 8.82. The van der Waals surface area contributed by atoms with E-state index in [1.165, 1.54) is 0 Å². The van der Waals surface area contributed by atoms with E-state index in [1.807, 2.05) is 0 Å². The van der Waals surface area contributed by atoms with Crippen molar-refractivity contribution < 1.29 is 10.0 Å². The Bertz CT molecular complexity index is 102. The first-order chi connectivity index (χ1) is 4.70. The predicted molar refractivity (Wildman–Crippen MR) is 50.2 cm³/mol. The van der Waals surface area contributed by atoms with Crippen LogP contribution in [0, 0.1) is 0 Å². The van der Waals surface area contributed by atoms with Crippen LogP contribution in [0.2, 0.25) is 5.82 Å². The standard InChI is InChI=1S/C6H12BIO2/c8-6-3-1-5(2-4-6)7(9)10/h5-6,9-10H,1-4H2. The molecule has 0 aromatic carbocycles. The van der Waals surface area contributed by atoms with Gasteiger partial charge in [-0.3, -0.25) is 0 Å². The molecule has 1 saturated carbocycles. The molecule has 0 bridgehead atoms. The van der Waals surface area contributed by atoms with E-state index in [0.29, 0.717) is 0 Å². The molecule has 0 aromatic heterocycles. The third-order valence-electron chi connectivity index (χ3n) is 2.12. The zero-order valence-electron chi connectivity index (χ0n) is 5.83. The highest BCUT2D eigenvalue weighted by Crippen LogP contribution is 2.33. The number of hydrogen-bond acceptors (Lipinski definition) is 2. The molecule has 4 heteroatoms. The monoisotopic (exact) mass is 254 g/mol. The van der Waals surface area contributed by atoms with Gasteiger partial charge in [0.1, 0.15) is 0 Å². The zero-order valence-corrected chi connectivity index (χ0v) is 7.99. The van der Waals surface area contributed by atoms with Crippen LogP contribution in [0.1, 0.15) is 25.7 Å². The van der Waals surface area contributed by atoms with Crippen LogP contribution in [-0.4, -0.2) is 21.1 Å². The van der Waals surface area contributed by atoms with Crippen molar-refractivity contribution in [3.8, 4) is 0 Å². The largest absolute Gasteiger partial charge is 0.454 e. The fraction of sp³-hybridized carbons (Fsp3) is 1.00. The van der Waals surface area contributed by atoms with Gasteiger partial charge in [-0.15, -0.1) is 0 Å². The lowest BCUT2D eigenvalue weighted by Crippen LogP contribution is -2.24. The summed E-state index contributed by atoms with van der Waals surface area (Å²) in [7, 11) is -1.08. The minimum atomic E-state index is -1.08. The molecule has 58 valence electrons. The number of alkyl halides is 1. The van der Waals surface area contributed by atoms with E-state index >= 15 is 0 Å². The number of rotatable bonds is 1. The Kier molecular flexibility index (Phi) is 3.46. The summed E-state index contributed by atoms with van der Waals surface area (Å²) in [5, 5.41) is 17.6. The minimum absolute atomic E-state index is 0.144. The number of hydrogen-bond donors (Lipinski definition) is 2. The molecule has 0 atom stereocenters. The lowest BCUT2D eigenvalue weighted by molar-refractivity contribution is 0.355. The van der Waals surface area contributed by atoms with Crippen molar-refractivity contribution in [2.75, 3.05) is 0 Å². The summed E-state index contributed by atoms with van der Waals surface area (Å²) in [4.78, 5) is 0. The topological polar surface area (TPSA) is 40.5 Å².